The second kappa shape index (κ2) is 8.82. The molecule has 2 rings (SSSR count). The van der Waals surface area contributed by atoms with E-state index in [0.29, 0.717) is 12.1 Å². The predicted octanol–water partition coefficient (Wildman–Crippen LogP) is 3.24. The normalized spacial score (nSPS) is 12.0. The standard InChI is InChI=1S/C18H20BrNO3/c1-13-6-8-14(9-7-13)17(23-11-10-21)12-20-18(22)15-4-2-3-5-16(15)19/h2-9,17,21H,10-12H2,1H3,(H,20,22)/t17-/m1/s1. The molecule has 0 aliphatic rings. The Labute approximate surface area is 144 Å². The Morgan fingerprint density at radius 3 is 2.57 bits per heavy atom. The van der Waals surface area contributed by atoms with Crippen LogP contribution in [-0.4, -0.2) is 30.8 Å². The molecule has 0 spiro atoms. The molecule has 0 saturated heterocycles. The van der Waals surface area contributed by atoms with Crippen LogP contribution < -0.4 is 5.32 Å². The first kappa shape index (κ1) is 17.7. The second-order valence-corrected chi connectivity index (χ2v) is 6.04. The number of aliphatic hydroxyl groups is 1. The van der Waals surface area contributed by atoms with E-state index in [1.807, 2.05) is 49.4 Å². The summed E-state index contributed by atoms with van der Waals surface area (Å²) in [5, 5.41) is 11.9. The lowest BCUT2D eigenvalue weighted by Gasteiger charge is -2.19. The summed E-state index contributed by atoms with van der Waals surface area (Å²) in [6.07, 6.45) is -0.297. The smallest absolute Gasteiger partial charge is 0.252 e. The maximum absolute atomic E-state index is 12.3. The van der Waals surface area contributed by atoms with Gasteiger partial charge in [0.25, 0.3) is 5.91 Å². The van der Waals surface area contributed by atoms with Crippen LogP contribution in [0.15, 0.2) is 53.0 Å². The van der Waals surface area contributed by atoms with Crippen molar-refractivity contribution in [3.63, 3.8) is 0 Å². The van der Waals surface area contributed by atoms with Gasteiger partial charge in [-0.15, -0.1) is 0 Å². The van der Waals surface area contributed by atoms with Crippen molar-refractivity contribution in [2.24, 2.45) is 0 Å². The maximum atomic E-state index is 12.3. The molecular weight excluding hydrogens is 358 g/mol. The third-order valence-electron chi connectivity index (χ3n) is 3.43. The molecule has 2 N–H and O–H groups in total. The highest BCUT2D eigenvalue weighted by molar-refractivity contribution is 9.10. The fourth-order valence-electron chi connectivity index (χ4n) is 2.18. The molecule has 2 aromatic carbocycles. The quantitative estimate of drug-likeness (QED) is 0.778. The van der Waals surface area contributed by atoms with Gasteiger partial charge in [0.05, 0.1) is 24.9 Å². The molecule has 5 heteroatoms. The van der Waals surface area contributed by atoms with Gasteiger partial charge in [-0.3, -0.25) is 4.79 Å². The van der Waals surface area contributed by atoms with Crippen molar-refractivity contribution in [1.82, 2.24) is 5.32 Å². The number of benzene rings is 2. The molecule has 122 valence electrons. The minimum Gasteiger partial charge on any atom is -0.394 e. The summed E-state index contributed by atoms with van der Waals surface area (Å²) in [7, 11) is 0. The van der Waals surface area contributed by atoms with Crippen LogP contribution in [-0.2, 0) is 4.74 Å². The first-order valence-electron chi connectivity index (χ1n) is 7.43. The number of ether oxygens (including phenoxy) is 1. The van der Waals surface area contributed by atoms with Crippen molar-refractivity contribution in [2.75, 3.05) is 19.8 Å². The van der Waals surface area contributed by atoms with Crippen molar-refractivity contribution in [1.29, 1.82) is 0 Å². The highest BCUT2D eigenvalue weighted by Crippen LogP contribution is 2.19. The molecule has 0 bridgehead atoms. The molecule has 0 heterocycles. The van der Waals surface area contributed by atoms with Gasteiger partial charge in [-0.05, 0) is 40.5 Å². The first-order valence-corrected chi connectivity index (χ1v) is 8.23. The van der Waals surface area contributed by atoms with Gasteiger partial charge in [-0.1, -0.05) is 42.0 Å². The van der Waals surface area contributed by atoms with Gasteiger partial charge in [-0.25, -0.2) is 0 Å². The van der Waals surface area contributed by atoms with E-state index in [4.69, 9.17) is 9.84 Å². The minimum absolute atomic E-state index is 0.0550. The van der Waals surface area contributed by atoms with E-state index in [1.54, 1.807) is 6.07 Å². The number of amides is 1. The fourth-order valence-corrected chi connectivity index (χ4v) is 2.64. The minimum atomic E-state index is -0.297. The molecule has 0 aliphatic heterocycles. The molecule has 0 fully saturated rings. The van der Waals surface area contributed by atoms with Gasteiger partial charge in [0.15, 0.2) is 0 Å². The zero-order chi connectivity index (χ0) is 16.7. The number of carbonyl (C=O) groups is 1. The van der Waals surface area contributed by atoms with E-state index in [1.165, 1.54) is 0 Å². The van der Waals surface area contributed by atoms with Gasteiger partial charge in [-0.2, -0.15) is 0 Å². The molecular formula is C18H20BrNO3. The van der Waals surface area contributed by atoms with E-state index in [9.17, 15) is 4.79 Å². The Hall–Kier alpha value is -1.69. The van der Waals surface area contributed by atoms with Crippen molar-refractivity contribution in [2.45, 2.75) is 13.0 Å². The Balaban J connectivity index is 2.04. The second-order valence-electron chi connectivity index (χ2n) is 5.18. The fraction of sp³-hybridized carbons (Fsp3) is 0.278. The number of nitrogens with one attached hydrogen (secondary N) is 1. The predicted molar refractivity (Wildman–Crippen MR) is 93.4 cm³/mol. The Morgan fingerprint density at radius 1 is 1.22 bits per heavy atom. The summed E-state index contributed by atoms with van der Waals surface area (Å²) >= 11 is 3.37. The molecule has 23 heavy (non-hydrogen) atoms. The lowest BCUT2D eigenvalue weighted by atomic mass is 10.1. The molecule has 0 radical (unpaired) electrons. The summed E-state index contributed by atoms with van der Waals surface area (Å²) < 4.78 is 6.41. The molecule has 0 aromatic heterocycles. The number of aryl methyl sites for hydroxylation is 1. The zero-order valence-electron chi connectivity index (χ0n) is 13.0. The number of aliphatic hydroxyl groups excluding tert-OH is 1. The molecule has 1 amide bonds. The summed E-state index contributed by atoms with van der Waals surface area (Å²) in [5.74, 6) is -0.165. The SMILES string of the molecule is Cc1ccc([C@@H](CNC(=O)c2ccccc2Br)OCCO)cc1. The van der Waals surface area contributed by atoms with Crippen molar-refractivity contribution < 1.29 is 14.6 Å². The number of hydrogen-bond acceptors (Lipinski definition) is 3. The van der Waals surface area contributed by atoms with Gasteiger partial charge in [0, 0.05) is 11.0 Å². The summed E-state index contributed by atoms with van der Waals surface area (Å²) in [4.78, 5) is 12.3. The van der Waals surface area contributed by atoms with Crippen molar-refractivity contribution >= 4 is 21.8 Å². The van der Waals surface area contributed by atoms with Gasteiger partial charge < -0.3 is 15.2 Å². The lowest BCUT2D eigenvalue weighted by Crippen LogP contribution is -2.30. The van der Waals surface area contributed by atoms with Crippen LogP contribution in [0.2, 0.25) is 0 Å². The zero-order valence-corrected chi connectivity index (χ0v) is 14.5. The van der Waals surface area contributed by atoms with Crippen LogP contribution in [0, 0.1) is 6.92 Å². The molecule has 4 nitrogen and oxygen atoms in total. The highest BCUT2D eigenvalue weighted by Gasteiger charge is 2.15. The summed E-state index contributed by atoms with van der Waals surface area (Å²) in [6.45, 7) is 2.52. The van der Waals surface area contributed by atoms with E-state index in [-0.39, 0.29) is 25.2 Å². The average molecular weight is 378 g/mol. The summed E-state index contributed by atoms with van der Waals surface area (Å²) in [6, 6.07) is 15.2. The van der Waals surface area contributed by atoms with Crippen LogP contribution in [0.1, 0.15) is 27.6 Å². The van der Waals surface area contributed by atoms with E-state index in [0.717, 1.165) is 15.6 Å². The van der Waals surface area contributed by atoms with Crippen LogP contribution in [0.4, 0.5) is 0 Å². The number of carbonyl (C=O) groups excluding carboxylic acids is 1. The number of hydrogen-bond donors (Lipinski definition) is 2. The Kier molecular flexibility index (Phi) is 6.77. The number of rotatable bonds is 7. The largest absolute Gasteiger partial charge is 0.394 e. The van der Waals surface area contributed by atoms with Crippen LogP contribution in [0.25, 0.3) is 0 Å². The molecule has 2 aromatic rings. The number of halogens is 1. The van der Waals surface area contributed by atoms with E-state index >= 15 is 0 Å². The Morgan fingerprint density at radius 2 is 1.91 bits per heavy atom. The van der Waals surface area contributed by atoms with Gasteiger partial charge in [0.2, 0.25) is 0 Å². The Bertz CT molecular complexity index is 643. The van der Waals surface area contributed by atoms with Gasteiger partial charge in [0.1, 0.15) is 0 Å². The molecule has 0 aliphatic carbocycles. The maximum Gasteiger partial charge on any atom is 0.252 e. The highest BCUT2D eigenvalue weighted by atomic mass is 79.9. The van der Waals surface area contributed by atoms with Crippen molar-refractivity contribution in [3.8, 4) is 0 Å². The van der Waals surface area contributed by atoms with Crippen LogP contribution in [0.3, 0.4) is 0 Å². The third-order valence-corrected chi connectivity index (χ3v) is 4.12. The van der Waals surface area contributed by atoms with Gasteiger partial charge >= 0.3 is 0 Å². The van der Waals surface area contributed by atoms with Crippen molar-refractivity contribution in [3.05, 3.63) is 69.7 Å². The lowest BCUT2D eigenvalue weighted by molar-refractivity contribution is 0.0277. The molecule has 0 unspecified atom stereocenters. The van der Waals surface area contributed by atoms with Crippen LogP contribution in [0.5, 0.6) is 0 Å². The topological polar surface area (TPSA) is 58.6 Å². The molecule has 0 saturated carbocycles. The monoisotopic (exact) mass is 377 g/mol. The average Bonchev–Trinajstić information content (AvgIpc) is 2.56. The third kappa shape index (κ3) is 5.16. The van der Waals surface area contributed by atoms with E-state index < -0.39 is 0 Å². The van der Waals surface area contributed by atoms with Crippen LogP contribution >= 0.6 is 15.9 Å². The summed E-state index contributed by atoms with van der Waals surface area (Å²) in [5.41, 5.74) is 2.71. The molecule has 1 atom stereocenters. The first-order chi connectivity index (χ1) is 11.1. The van der Waals surface area contributed by atoms with E-state index in [2.05, 4.69) is 21.2 Å².